The molecule has 0 heterocycles. The molecule has 0 spiro atoms. The van der Waals surface area contributed by atoms with Gasteiger partial charge in [-0.15, -0.1) is 0 Å². The first-order valence-electron chi connectivity index (χ1n) is 11.5. The monoisotopic (exact) mass is 414 g/mol. The Labute approximate surface area is 189 Å². The van der Waals surface area contributed by atoms with Gasteiger partial charge in [0.25, 0.3) is 0 Å². The molecular weight excluding hydrogens is 376 g/mol. The number of aryl methyl sites for hydroxylation is 2. The van der Waals surface area contributed by atoms with Crippen LogP contribution in [0.2, 0.25) is 0 Å². The van der Waals surface area contributed by atoms with Gasteiger partial charge >= 0.3 is 0 Å². The summed E-state index contributed by atoms with van der Waals surface area (Å²) in [5, 5.41) is 10.8. The molecule has 0 aliphatic rings. The maximum Gasteiger partial charge on any atom is 0.119 e. The lowest BCUT2D eigenvalue weighted by atomic mass is 9.83. The van der Waals surface area contributed by atoms with Crippen LogP contribution in [0.15, 0.2) is 42.5 Å². The lowest BCUT2D eigenvalue weighted by Crippen LogP contribution is -2.08. The maximum atomic E-state index is 10.8. The molecule has 0 amide bonds. The molecule has 164 valence electrons. The van der Waals surface area contributed by atoms with Crippen molar-refractivity contribution in [3.8, 4) is 5.75 Å². The maximum absolute atomic E-state index is 10.8. The predicted molar refractivity (Wildman–Crippen MR) is 134 cm³/mol. The summed E-state index contributed by atoms with van der Waals surface area (Å²) in [4.78, 5) is 0. The van der Waals surface area contributed by atoms with Gasteiger partial charge in [0.15, 0.2) is 0 Å². The van der Waals surface area contributed by atoms with E-state index >= 15 is 0 Å². The zero-order valence-electron chi connectivity index (χ0n) is 20.6. The molecule has 2 atom stereocenters. The molecule has 0 fully saturated rings. The van der Waals surface area contributed by atoms with E-state index in [1.165, 1.54) is 50.1 Å². The number of hydrogen-bond donors (Lipinski definition) is 1. The quantitative estimate of drug-likeness (QED) is 0.434. The molecule has 3 aromatic carbocycles. The van der Waals surface area contributed by atoms with Crippen molar-refractivity contribution in [2.75, 3.05) is 0 Å². The Morgan fingerprint density at radius 3 is 1.61 bits per heavy atom. The summed E-state index contributed by atoms with van der Waals surface area (Å²) in [6.07, 6.45) is 1.79. The number of phenolic OH excluding ortho intramolecular Hbond substituents is 1. The number of hydrogen-bond acceptors (Lipinski definition) is 1. The van der Waals surface area contributed by atoms with E-state index < -0.39 is 0 Å². The number of aromatic hydroxyl groups is 1. The first-order chi connectivity index (χ1) is 14.6. The third-order valence-corrected chi connectivity index (χ3v) is 7.55. The first-order valence-corrected chi connectivity index (χ1v) is 11.5. The van der Waals surface area contributed by atoms with Crippen molar-refractivity contribution in [1.82, 2.24) is 0 Å². The summed E-state index contributed by atoms with van der Waals surface area (Å²) in [5.74, 6) is 1.18. The standard InChI is InChI=1S/C30H38O/c1-18-12-14-27(24(7)22(18)5)20(3)16-26-10-9-11-30(31)29(26)17-21(4)28-15-13-19(2)23(6)25(28)8/h9-15,20-21,31H,16-17H2,1-8H3. The average Bonchev–Trinajstić information content (AvgIpc) is 2.72. The fourth-order valence-electron chi connectivity index (χ4n) is 4.93. The fourth-order valence-corrected chi connectivity index (χ4v) is 4.93. The molecule has 0 saturated heterocycles. The minimum Gasteiger partial charge on any atom is -0.508 e. The predicted octanol–water partition coefficient (Wildman–Crippen LogP) is 7.94. The van der Waals surface area contributed by atoms with Crippen LogP contribution in [0.4, 0.5) is 0 Å². The van der Waals surface area contributed by atoms with E-state index in [0.29, 0.717) is 17.6 Å². The van der Waals surface area contributed by atoms with Crippen LogP contribution >= 0.6 is 0 Å². The molecule has 1 heteroatoms. The Morgan fingerprint density at radius 2 is 1.10 bits per heavy atom. The minimum atomic E-state index is 0.352. The molecular formula is C30H38O. The lowest BCUT2D eigenvalue weighted by Gasteiger charge is -2.22. The van der Waals surface area contributed by atoms with Crippen LogP contribution in [0.3, 0.4) is 0 Å². The topological polar surface area (TPSA) is 20.2 Å². The molecule has 3 rings (SSSR count). The summed E-state index contributed by atoms with van der Waals surface area (Å²) in [7, 11) is 0. The Balaban J connectivity index is 1.91. The number of phenols is 1. The minimum absolute atomic E-state index is 0.352. The SMILES string of the molecule is Cc1ccc(C(C)Cc2cccc(O)c2CC(C)c2ccc(C)c(C)c2C)c(C)c1C. The van der Waals surface area contributed by atoms with Gasteiger partial charge in [0.05, 0.1) is 0 Å². The Morgan fingerprint density at radius 1 is 0.613 bits per heavy atom. The van der Waals surface area contributed by atoms with Crippen molar-refractivity contribution >= 4 is 0 Å². The zero-order valence-corrected chi connectivity index (χ0v) is 20.6. The van der Waals surface area contributed by atoms with E-state index in [1.54, 1.807) is 0 Å². The van der Waals surface area contributed by atoms with Gasteiger partial charge in [-0.25, -0.2) is 0 Å². The largest absolute Gasteiger partial charge is 0.508 e. The summed E-state index contributed by atoms with van der Waals surface area (Å²) in [6, 6.07) is 15.0. The van der Waals surface area contributed by atoms with Crippen molar-refractivity contribution in [2.24, 2.45) is 0 Å². The summed E-state index contributed by atoms with van der Waals surface area (Å²) < 4.78 is 0. The zero-order chi connectivity index (χ0) is 22.9. The second kappa shape index (κ2) is 9.30. The molecule has 0 saturated carbocycles. The van der Waals surface area contributed by atoms with Gasteiger partial charge in [0.1, 0.15) is 5.75 Å². The Bertz CT molecular complexity index is 1090. The Hall–Kier alpha value is -2.54. The molecule has 0 aliphatic heterocycles. The van der Waals surface area contributed by atoms with E-state index in [4.69, 9.17) is 0 Å². The van der Waals surface area contributed by atoms with Crippen molar-refractivity contribution in [2.45, 2.75) is 80.1 Å². The smallest absolute Gasteiger partial charge is 0.119 e. The molecule has 0 radical (unpaired) electrons. The van der Waals surface area contributed by atoms with E-state index in [2.05, 4.69) is 85.7 Å². The van der Waals surface area contributed by atoms with E-state index in [1.807, 2.05) is 12.1 Å². The molecule has 0 aromatic heterocycles. The molecule has 31 heavy (non-hydrogen) atoms. The van der Waals surface area contributed by atoms with Crippen LogP contribution in [-0.4, -0.2) is 5.11 Å². The van der Waals surface area contributed by atoms with Crippen molar-refractivity contribution in [3.05, 3.63) is 98.1 Å². The van der Waals surface area contributed by atoms with Gasteiger partial charge in [-0.1, -0.05) is 50.2 Å². The number of rotatable bonds is 6. The molecule has 2 unspecified atom stereocenters. The van der Waals surface area contributed by atoms with Crippen LogP contribution in [0.25, 0.3) is 0 Å². The van der Waals surface area contributed by atoms with Gasteiger partial charge in [0, 0.05) is 0 Å². The van der Waals surface area contributed by atoms with Gasteiger partial charge in [-0.05, 0) is 128 Å². The second-order valence-electron chi connectivity index (χ2n) is 9.57. The Kier molecular flexibility index (Phi) is 6.94. The molecule has 1 nitrogen and oxygen atoms in total. The summed E-state index contributed by atoms with van der Waals surface area (Å²) in [5.41, 5.74) is 13.4. The van der Waals surface area contributed by atoms with Crippen molar-refractivity contribution in [1.29, 1.82) is 0 Å². The third kappa shape index (κ3) is 4.71. The van der Waals surface area contributed by atoms with Crippen molar-refractivity contribution in [3.63, 3.8) is 0 Å². The van der Waals surface area contributed by atoms with Crippen LogP contribution in [-0.2, 0) is 12.8 Å². The average molecular weight is 415 g/mol. The lowest BCUT2D eigenvalue weighted by molar-refractivity contribution is 0.464. The van der Waals surface area contributed by atoms with Gasteiger partial charge in [0.2, 0.25) is 0 Å². The van der Waals surface area contributed by atoms with Crippen molar-refractivity contribution < 1.29 is 5.11 Å². The highest BCUT2D eigenvalue weighted by atomic mass is 16.3. The summed E-state index contributed by atoms with van der Waals surface area (Å²) >= 11 is 0. The van der Waals surface area contributed by atoms with Gasteiger partial charge in [-0.3, -0.25) is 0 Å². The normalized spacial score (nSPS) is 13.3. The highest BCUT2D eigenvalue weighted by Crippen LogP contribution is 2.34. The molecule has 1 N–H and O–H groups in total. The second-order valence-corrected chi connectivity index (χ2v) is 9.57. The fraction of sp³-hybridized carbons (Fsp3) is 0.400. The first kappa shape index (κ1) is 23.1. The van der Waals surface area contributed by atoms with Crippen LogP contribution in [0.1, 0.15) is 81.3 Å². The van der Waals surface area contributed by atoms with E-state index in [0.717, 1.165) is 18.4 Å². The third-order valence-electron chi connectivity index (χ3n) is 7.55. The molecule has 0 bridgehead atoms. The van der Waals surface area contributed by atoms with Gasteiger partial charge in [-0.2, -0.15) is 0 Å². The number of benzene rings is 3. The van der Waals surface area contributed by atoms with Crippen LogP contribution < -0.4 is 0 Å². The summed E-state index contributed by atoms with van der Waals surface area (Å²) in [6.45, 7) is 17.8. The highest BCUT2D eigenvalue weighted by Gasteiger charge is 2.19. The van der Waals surface area contributed by atoms with Gasteiger partial charge < -0.3 is 5.11 Å². The molecule has 3 aromatic rings. The van der Waals surface area contributed by atoms with E-state index in [-0.39, 0.29) is 0 Å². The van der Waals surface area contributed by atoms with Crippen LogP contribution in [0, 0.1) is 41.5 Å². The molecule has 0 aliphatic carbocycles. The van der Waals surface area contributed by atoms with E-state index in [9.17, 15) is 5.11 Å². The highest BCUT2D eigenvalue weighted by molar-refractivity contribution is 5.46. The van der Waals surface area contributed by atoms with Crippen LogP contribution in [0.5, 0.6) is 5.75 Å².